The maximum atomic E-state index is 12.3. The molecular weight excluding hydrogens is 300 g/mol. The third kappa shape index (κ3) is 3.68. The van der Waals surface area contributed by atoms with Gasteiger partial charge in [0.1, 0.15) is 0 Å². The molecule has 0 aliphatic carbocycles. The van der Waals surface area contributed by atoms with Gasteiger partial charge in [-0.05, 0) is 35.4 Å². The number of carbonyl (C=O) groups is 1. The Hall–Kier alpha value is -3.39. The lowest BCUT2D eigenvalue weighted by molar-refractivity contribution is 0.0951. The number of nitrogens with one attached hydrogen (secondary N) is 1. The van der Waals surface area contributed by atoms with Crippen LogP contribution in [-0.4, -0.2) is 15.7 Å². The predicted molar refractivity (Wildman–Crippen MR) is 90.1 cm³/mol. The molecule has 0 saturated heterocycles. The number of nitriles is 1. The molecule has 0 spiro atoms. The summed E-state index contributed by atoms with van der Waals surface area (Å²) in [6.45, 7) is 1.08. The summed E-state index contributed by atoms with van der Waals surface area (Å²) >= 11 is 0. The Bertz CT molecular complexity index is 878. The van der Waals surface area contributed by atoms with Gasteiger partial charge in [-0.2, -0.15) is 10.4 Å². The van der Waals surface area contributed by atoms with Gasteiger partial charge in [-0.25, -0.2) is 0 Å². The monoisotopic (exact) mass is 316 g/mol. The van der Waals surface area contributed by atoms with Crippen LogP contribution in [0.25, 0.3) is 0 Å². The Balaban J connectivity index is 1.70. The molecule has 3 rings (SSSR count). The Kier molecular flexibility index (Phi) is 4.68. The molecular formula is C19H16N4O. The third-order valence-corrected chi connectivity index (χ3v) is 3.70. The molecule has 0 saturated carbocycles. The van der Waals surface area contributed by atoms with Gasteiger partial charge in [0.15, 0.2) is 0 Å². The molecule has 0 aliphatic heterocycles. The summed E-state index contributed by atoms with van der Waals surface area (Å²) in [5.41, 5.74) is 3.10. The van der Waals surface area contributed by atoms with Crippen molar-refractivity contribution in [2.75, 3.05) is 0 Å². The fraction of sp³-hybridized carbons (Fsp3) is 0.105. The third-order valence-electron chi connectivity index (χ3n) is 3.70. The maximum absolute atomic E-state index is 12.3. The van der Waals surface area contributed by atoms with Crippen LogP contribution in [0.2, 0.25) is 0 Å². The molecule has 1 amide bonds. The number of aromatic nitrogens is 2. The van der Waals surface area contributed by atoms with E-state index in [2.05, 4.69) is 10.4 Å². The van der Waals surface area contributed by atoms with E-state index in [4.69, 9.17) is 5.26 Å². The number of rotatable bonds is 5. The van der Waals surface area contributed by atoms with Crippen LogP contribution in [0.3, 0.4) is 0 Å². The van der Waals surface area contributed by atoms with Gasteiger partial charge in [0.25, 0.3) is 5.91 Å². The highest BCUT2D eigenvalue weighted by Crippen LogP contribution is 2.11. The summed E-state index contributed by atoms with van der Waals surface area (Å²) in [4.78, 5) is 12.3. The van der Waals surface area contributed by atoms with Gasteiger partial charge in [-0.15, -0.1) is 0 Å². The molecule has 5 nitrogen and oxygen atoms in total. The van der Waals surface area contributed by atoms with Gasteiger partial charge in [0, 0.05) is 24.5 Å². The van der Waals surface area contributed by atoms with E-state index in [9.17, 15) is 4.79 Å². The molecule has 0 aliphatic rings. The fourth-order valence-electron chi connectivity index (χ4n) is 2.46. The lowest BCUT2D eigenvalue weighted by Gasteiger charge is -2.11. The SMILES string of the molecule is N#Cc1cccc(C(=O)NCc2ccccc2Cn2cccn2)c1. The highest BCUT2D eigenvalue weighted by atomic mass is 16.1. The fourth-order valence-corrected chi connectivity index (χ4v) is 2.46. The van der Waals surface area contributed by atoms with E-state index in [0.29, 0.717) is 24.2 Å². The number of amides is 1. The largest absolute Gasteiger partial charge is 0.348 e. The van der Waals surface area contributed by atoms with Crippen molar-refractivity contribution >= 4 is 5.91 Å². The number of carbonyl (C=O) groups excluding carboxylic acids is 1. The molecule has 0 bridgehead atoms. The highest BCUT2D eigenvalue weighted by Gasteiger charge is 2.08. The molecule has 0 fully saturated rings. The first-order valence-corrected chi connectivity index (χ1v) is 7.59. The van der Waals surface area contributed by atoms with Gasteiger partial charge >= 0.3 is 0 Å². The van der Waals surface area contributed by atoms with Crippen molar-refractivity contribution in [1.82, 2.24) is 15.1 Å². The summed E-state index contributed by atoms with van der Waals surface area (Å²) in [7, 11) is 0. The Morgan fingerprint density at radius 3 is 2.71 bits per heavy atom. The Morgan fingerprint density at radius 1 is 1.12 bits per heavy atom. The van der Waals surface area contributed by atoms with E-state index in [1.165, 1.54) is 0 Å². The molecule has 2 aromatic carbocycles. The van der Waals surface area contributed by atoms with Crippen molar-refractivity contribution in [1.29, 1.82) is 5.26 Å². The quantitative estimate of drug-likeness (QED) is 0.787. The van der Waals surface area contributed by atoms with E-state index < -0.39 is 0 Å². The van der Waals surface area contributed by atoms with Crippen molar-refractivity contribution in [3.05, 3.63) is 89.2 Å². The summed E-state index contributed by atoms with van der Waals surface area (Å²) in [6.07, 6.45) is 3.65. The van der Waals surface area contributed by atoms with E-state index >= 15 is 0 Å². The standard InChI is InChI=1S/C19H16N4O/c20-12-15-5-3-8-16(11-15)19(24)21-13-17-6-1-2-7-18(17)14-23-10-4-9-22-23/h1-11H,13-14H2,(H,21,24). The zero-order valence-corrected chi connectivity index (χ0v) is 13.0. The van der Waals surface area contributed by atoms with Crippen LogP contribution in [0.15, 0.2) is 67.0 Å². The topological polar surface area (TPSA) is 70.7 Å². The second-order valence-corrected chi connectivity index (χ2v) is 5.35. The average molecular weight is 316 g/mol. The first-order valence-electron chi connectivity index (χ1n) is 7.59. The van der Waals surface area contributed by atoms with Gasteiger partial charge in [-0.1, -0.05) is 30.3 Å². The molecule has 5 heteroatoms. The molecule has 0 unspecified atom stereocenters. The summed E-state index contributed by atoms with van der Waals surface area (Å²) in [6, 6.07) is 18.5. The zero-order valence-electron chi connectivity index (χ0n) is 13.0. The minimum atomic E-state index is -0.194. The van der Waals surface area contributed by atoms with Crippen molar-refractivity contribution in [3.63, 3.8) is 0 Å². The zero-order chi connectivity index (χ0) is 16.8. The minimum absolute atomic E-state index is 0.194. The maximum Gasteiger partial charge on any atom is 0.251 e. The van der Waals surface area contributed by atoms with Gasteiger partial charge in [0.05, 0.1) is 18.2 Å². The van der Waals surface area contributed by atoms with Crippen LogP contribution in [0, 0.1) is 11.3 Å². The van der Waals surface area contributed by atoms with E-state index in [0.717, 1.165) is 11.1 Å². The van der Waals surface area contributed by atoms with Crippen LogP contribution in [0.5, 0.6) is 0 Å². The molecule has 118 valence electrons. The normalized spacial score (nSPS) is 10.1. The highest BCUT2D eigenvalue weighted by molar-refractivity contribution is 5.94. The minimum Gasteiger partial charge on any atom is -0.348 e. The first kappa shape index (κ1) is 15.5. The lowest BCUT2D eigenvalue weighted by Crippen LogP contribution is -2.23. The Morgan fingerprint density at radius 2 is 1.96 bits per heavy atom. The smallest absolute Gasteiger partial charge is 0.251 e. The summed E-state index contributed by atoms with van der Waals surface area (Å²) < 4.78 is 1.84. The molecule has 0 atom stereocenters. The average Bonchev–Trinajstić information content (AvgIpc) is 3.14. The molecule has 1 N–H and O–H groups in total. The summed E-state index contributed by atoms with van der Waals surface area (Å²) in [5, 5.41) is 16.0. The molecule has 24 heavy (non-hydrogen) atoms. The number of benzene rings is 2. The van der Waals surface area contributed by atoms with Crippen molar-refractivity contribution in [3.8, 4) is 6.07 Å². The van der Waals surface area contributed by atoms with Crippen molar-refractivity contribution in [2.24, 2.45) is 0 Å². The number of hydrogen-bond acceptors (Lipinski definition) is 3. The number of nitrogens with zero attached hydrogens (tertiary/aromatic N) is 3. The predicted octanol–water partition coefficient (Wildman–Crippen LogP) is 2.73. The van der Waals surface area contributed by atoms with Crippen LogP contribution in [-0.2, 0) is 13.1 Å². The van der Waals surface area contributed by atoms with Crippen LogP contribution in [0.4, 0.5) is 0 Å². The molecule has 3 aromatic rings. The van der Waals surface area contributed by atoms with Gasteiger partial charge in [-0.3, -0.25) is 9.48 Å². The van der Waals surface area contributed by atoms with E-state index in [1.807, 2.05) is 47.3 Å². The van der Waals surface area contributed by atoms with E-state index in [-0.39, 0.29) is 5.91 Å². The van der Waals surface area contributed by atoms with Gasteiger partial charge < -0.3 is 5.32 Å². The molecule has 1 aromatic heterocycles. The molecule has 1 heterocycles. The first-order chi connectivity index (χ1) is 11.8. The lowest BCUT2D eigenvalue weighted by atomic mass is 10.1. The summed E-state index contributed by atoms with van der Waals surface area (Å²) in [5.74, 6) is -0.194. The van der Waals surface area contributed by atoms with Crippen molar-refractivity contribution in [2.45, 2.75) is 13.1 Å². The van der Waals surface area contributed by atoms with E-state index in [1.54, 1.807) is 30.5 Å². The second-order valence-electron chi connectivity index (χ2n) is 5.35. The Labute approximate surface area is 140 Å². The van der Waals surface area contributed by atoms with Crippen molar-refractivity contribution < 1.29 is 4.79 Å². The molecule has 0 radical (unpaired) electrons. The van der Waals surface area contributed by atoms with Crippen LogP contribution in [0.1, 0.15) is 27.0 Å². The number of hydrogen-bond donors (Lipinski definition) is 1. The second kappa shape index (κ2) is 7.25. The van der Waals surface area contributed by atoms with Gasteiger partial charge in [0.2, 0.25) is 0 Å². The van der Waals surface area contributed by atoms with Crippen LogP contribution >= 0.6 is 0 Å². The van der Waals surface area contributed by atoms with Crippen LogP contribution < -0.4 is 5.32 Å².